The van der Waals surface area contributed by atoms with Gasteiger partial charge in [0.15, 0.2) is 0 Å². The molecule has 2 aromatic rings. The van der Waals surface area contributed by atoms with Gasteiger partial charge in [-0.2, -0.15) is 4.39 Å². The number of nitrogens with zero attached hydrogens (tertiary/aromatic N) is 1. The number of hydrogen-bond acceptors (Lipinski definition) is 2. The number of halogens is 1. The molecule has 0 amide bonds. The second-order valence-electron chi connectivity index (χ2n) is 3.65. The highest BCUT2D eigenvalue weighted by Gasteiger charge is 2.15. The van der Waals surface area contributed by atoms with Gasteiger partial charge in [-0.05, 0) is 24.6 Å². The van der Waals surface area contributed by atoms with Crippen molar-refractivity contribution in [3.63, 3.8) is 0 Å². The Bertz CT molecular complexity index is 485. The van der Waals surface area contributed by atoms with Gasteiger partial charge in [0, 0.05) is 11.3 Å². The van der Waals surface area contributed by atoms with Crippen LogP contribution >= 0.6 is 0 Å². The molecule has 82 valence electrons. The van der Waals surface area contributed by atoms with Crippen LogP contribution in [0.2, 0.25) is 0 Å². The lowest BCUT2D eigenvalue weighted by molar-refractivity contribution is 0.213. The lowest BCUT2D eigenvalue weighted by Gasteiger charge is -2.11. The zero-order valence-corrected chi connectivity index (χ0v) is 8.89. The van der Waals surface area contributed by atoms with Crippen LogP contribution in [-0.2, 0) is 0 Å². The van der Waals surface area contributed by atoms with Crippen LogP contribution in [0.1, 0.15) is 22.9 Å². The van der Waals surface area contributed by atoms with E-state index < -0.39 is 12.1 Å². The van der Waals surface area contributed by atoms with E-state index in [0.717, 1.165) is 0 Å². The number of aliphatic hydroxyl groups excluding tert-OH is 1. The van der Waals surface area contributed by atoms with Crippen molar-refractivity contribution in [2.45, 2.75) is 13.0 Å². The fourth-order valence-electron chi connectivity index (χ4n) is 1.55. The van der Waals surface area contributed by atoms with Crippen LogP contribution in [0.5, 0.6) is 0 Å². The van der Waals surface area contributed by atoms with Gasteiger partial charge in [0.25, 0.3) is 0 Å². The summed E-state index contributed by atoms with van der Waals surface area (Å²) in [5.74, 6) is -0.614. The number of hydrogen-bond donors (Lipinski definition) is 1. The SMILES string of the molecule is Cc1ccc(C(O)c2ccccc2)c(F)n1. The third-order valence-electron chi connectivity index (χ3n) is 2.43. The molecule has 1 aromatic carbocycles. The monoisotopic (exact) mass is 217 g/mol. The average Bonchev–Trinajstić information content (AvgIpc) is 2.29. The Balaban J connectivity index is 2.38. The van der Waals surface area contributed by atoms with Crippen LogP contribution in [0, 0.1) is 12.9 Å². The lowest BCUT2D eigenvalue weighted by Crippen LogP contribution is -2.04. The average molecular weight is 217 g/mol. The third-order valence-corrected chi connectivity index (χ3v) is 2.43. The Morgan fingerprint density at radius 3 is 2.44 bits per heavy atom. The molecule has 1 unspecified atom stereocenters. The normalized spacial score (nSPS) is 12.4. The highest BCUT2D eigenvalue weighted by Crippen LogP contribution is 2.23. The predicted molar refractivity (Wildman–Crippen MR) is 59.4 cm³/mol. The van der Waals surface area contributed by atoms with E-state index in [2.05, 4.69) is 4.98 Å². The largest absolute Gasteiger partial charge is 0.383 e. The zero-order valence-electron chi connectivity index (χ0n) is 8.89. The molecular weight excluding hydrogens is 205 g/mol. The van der Waals surface area contributed by atoms with Crippen LogP contribution in [-0.4, -0.2) is 10.1 Å². The smallest absolute Gasteiger partial charge is 0.219 e. The van der Waals surface area contributed by atoms with E-state index in [9.17, 15) is 9.50 Å². The van der Waals surface area contributed by atoms with Gasteiger partial charge in [0.05, 0.1) is 0 Å². The van der Waals surface area contributed by atoms with Gasteiger partial charge in [0.2, 0.25) is 5.95 Å². The molecule has 1 heterocycles. The van der Waals surface area contributed by atoms with E-state index in [0.29, 0.717) is 11.3 Å². The molecule has 0 aliphatic rings. The lowest BCUT2D eigenvalue weighted by atomic mass is 10.0. The van der Waals surface area contributed by atoms with Crippen LogP contribution in [0.25, 0.3) is 0 Å². The van der Waals surface area contributed by atoms with Crippen molar-refractivity contribution in [1.82, 2.24) is 4.98 Å². The molecule has 0 spiro atoms. The number of aliphatic hydroxyl groups is 1. The predicted octanol–water partition coefficient (Wildman–Crippen LogP) is 2.61. The Morgan fingerprint density at radius 1 is 1.12 bits per heavy atom. The number of aromatic nitrogens is 1. The zero-order chi connectivity index (χ0) is 11.5. The first-order valence-electron chi connectivity index (χ1n) is 5.04. The van der Waals surface area contributed by atoms with Crippen molar-refractivity contribution in [1.29, 1.82) is 0 Å². The summed E-state index contributed by atoms with van der Waals surface area (Å²) in [4.78, 5) is 3.69. The molecule has 0 fully saturated rings. The molecule has 1 N–H and O–H groups in total. The topological polar surface area (TPSA) is 33.1 Å². The van der Waals surface area contributed by atoms with E-state index in [4.69, 9.17) is 0 Å². The fraction of sp³-hybridized carbons (Fsp3) is 0.154. The number of pyridine rings is 1. The number of benzene rings is 1. The van der Waals surface area contributed by atoms with Gasteiger partial charge < -0.3 is 5.11 Å². The van der Waals surface area contributed by atoms with Crippen molar-refractivity contribution in [2.75, 3.05) is 0 Å². The van der Waals surface area contributed by atoms with Crippen molar-refractivity contribution >= 4 is 0 Å². The van der Waals surface area contributed by atoms with Gasteiger partial charge >= 0.3 is 0 Å². The molecule has 16 heavy (non-hydrogen) atoms. The van der Waals surface area contributed by atoms with Crippen molar-refractivity contribution < 1.29 is 9.50 Å². The second kappa shape index (κ2) is 4.41. The molecule has 1 aromatic heterocycles. The highest BCUT2D eigenvalue weighted by molar-refractivity contribution is 5.29. The quantitative estimate of drug-likeness (QED) is 0.784. The van der Waals surface area contributed by atoms with E-state index in [1.807, 2.05) is 6.07 Å². The van der Waals surface area contributed by atoms with Crippen LogP contribution in [0.3, 0.4) is 0 Å². The van der Waals surface area contributed by atoms with Gasteiger partial charge in [-0.1, -0.05) is 30.3 Å². The minimum absolute atomic E-state index is 0.205. The van der Waals surface area contributed by atoms with E-state index in [1.54, 1.807) is 43.3 Å². The van der Waals surface area contributed by atoms with E-state index in [1.165, 1.54) is 0 Å². The second-order valence-corrected chi connectivity index (χ2v) is 3.65. The maximum absolute atomic E-state index is 13.5. The molecule has 0 saturated heterocycles. The minimum atomic E-state index is -0.964. The van der Waals surface area contributed by atoms with Crippen LogP contribution in [0.4, 0.5) is 4.39 Å². The highest BCUT2D eigenvalue weighted by atomic mass is 19.1. The summed E-state index contributed by atoms with van der Waals surface area (Å²) in [5.41, 5.74) is 1.46. The molecule has 0 bridgehead atoms. The summed E-state index contributed by atoms with van der Waals surface area (Å²) in [6, 6.07) is 12.2. The molecule has 2 nitrogen and oxygen atoms in total. The molecular formula is C13H12FNO. The Hall–Kier alpha value is -1.74. The summed E-state index contributed by atoms with van der Waals surface area (Å²) < 4.78 is 13.5. The maximum atomic E-state index is 13.5. The van der Waals surface area contributed by atoms with Gasteiger partial charge in [-0.15, -0.1) is 0 Å². The van der Waals surface area contributed by atoms with Crippen LogP contribution < -0.4 is 0 Å². The van der Waals surface area contributed by atoms with Crippen LogP contribution in [0.15, 0.2) is 42.5 Å². The van der Waals surface area contributed by atoms with E-state index in [-0.39, 0.29) is 5.56 Å². The van der Waals surface area contributed by atoms with Gasteiger partial charge in [0.1, 0.15) is 6.10 Å². The molecule has 0 aliphatic heterocycles. The molecule has 0 radical (unpaired) electrons. The molecule has 0 saturated carbocycles. The minimum Gasteiger partial charge on any atom is -0.383 e. The van der Waals surface area contributed by atoms with Crippen molar-refractivity contribution in [2.24, 2.45) is 0 Å². The van der Waals surface area contributed by atoms with Crippen molar-refractivity contribution in [3.05, 3.63) is 65.2 Å². The van der Waals surface area contributed by atoms with E-state index >= 15 is 0 Å². The fourth-order valence-corrected chi connectivity index (χ4v) is 1.55. The summed E-state index contributed by atoms with van der Waals surface area (Å²) in [5, 5.41) is 9.98. The summed E-state index contributed by atoms with van der Waals surface area (Å²) in [6.45, 7) is 1.71. The molecule has 1 atom stereocenters. The Kier molecular flexibility index (Phi) is 2.97. The van der Waals surface area contributed by atoms with Gasteiger partial charge in [-0.3, -0.25) is 0 Å². The van der Waals surface area contributed by atoms with Gasteiger partial charge in [-0.25, -0.2) is 4.98 Å². The molecule has 3 heteroatoms. The Labute approximate surface area is 93.4 Å². The third kappa shape index (κ3) is 2.09. The summed E-state index contributed by atoms with van der Waals surface area (Å²) in [6.07, 6.45) is -0.964. The maximum Gasteiger partial charge on any atom is 0.219 e. The Morgan fingerprint density at radius 2 is 1.81 bits per heavy atom. The number of aryl methyl sites for hydroxylation is 1. The number of rotatable bonds is 2. The molecule has 0 aliphatic carbocycles. The summed E-state index contributed by atoms with van der Waals surface area (Å²) in [7, 11) is 0. The first-order chi connectivity index (χ1) is 7.68. The standard InChI is InChI=1S/C13H12FNO/c1-9-7-8-11(13(14)15-9)12(16)10-5-3-2-4-6-10/h2-8,12,16H,1H3. The summed E-state index contributed by atoms with van der Waals surface area (Å²) >= 11 is 0. The first kappa shape index (κ1) is 10.8. The molecule has 2 rings (SSSR count). The first-order valence-corrected chi connectivity index (χ1v) is 5.04. The van der Waals surface area contributed by atoms with Crippen molar-refractivity contribution in [3.8, 4) is 0 Å².